The first-order valence-corrected chi connectivity index (χ1v) is 10.6. The van der Waals surface area contributed by atoms with Crippen LogP contribution >= 0.6 is 0 Å². The number of pyridine rings is 1. The Morgan fingerprint density at radius 1 is 1.25 bits per heavy atom. The molecule has 166 valence electrons. The molecule has 3 aromatic rings. The molecule has 2 atom stereocenters. The minimum atomic E-state index is -0.432. The number of para-hydroxylation sites is 1. The van der Waals surface area contributed by atoms with E-state index in [1.54, 1.807) is 25.4 Å². The first kappa shape index (κ1) is 21.5. The Morgan fingerprint density at radius 2 is 2.09 bits per heavy atom. The molecular formula is C24H26N4O4. The zero-order valence-corrected chi connectivity index (χ0v) is 18.3. The second-order valence-electron chi connectivity index (χ2n) is 8.12. The number of nitrogens with zero attached hydrogens (tertiary/aromatic N) is 2. The number of carbonyl (C=O) groups is 1. The molecule has 0 saturated carbocycles. The van der Waals surface area contributed by atoms with Crippen molar-refractivity contribution in [3.05, 3.63) is 70.3 Å². The van der Waals surface area contributed by atoms with E-state index in [0.29, 0.717) is 35.1 Å². The maximum atomic E-state index is 13.1. The van der Waals surface area contributed by atoms with Crippen LogP contribution in [0.1, 0.15) is 31.1 Å². The van der Waals surface area contributed by atoms with Gasteiger partial charge in [0.2, 0.25) is 5.91 Å². The standard InChI is InChI=1S/C24H26N4O4/c1-14(2)21(18-12-20(29)27-23(26-18)17-8-4-5-10-25-17)28-24(30)16-11-15-7-6-9-19(31-3)22(15)32-13-16/h4-10,12,14,16,21H,11,13H2,1-3H3,(H,28,30)(H,26,27,29)/t16-,21+/m0/s1. The van der Waals surface area contributed by atoms with Crippen LogP contribution in [0, 0.1) is 11.8 Å². The fourth-order valence-electron chi connectivity index (χ4n) is 3.84. The molecule has 32 heavy (non-hydrogen) atoms. The summed E-state index contributed by atoms with van der Waals surface area (Å²) in [6.07, 6.45) is 2.19. The highest BCUT2D eigenvalue weighted by atomic mass is 16.5. The van der Waals surface area contributed by atoms with Gasteiger partial charge in [-0.15, -0.1) is 0 Å². The van der Waals surface area contributed by atoms with E-state index in [9.17, 15) is 9.59 Å². The summed E-state index contributed by atoms with van der Waals surface area (Å²) in [5.41, 5.74) is 1.70. The summed E-state index contributed by atoms with van der Waals surface area (Å²) >= 11 is 0. The van der Waals surface area contributed by atoms with Gasteiger partial charge in [-0.25, -0.2) is 4.98 Å². The van der Waals surface area contributed by atoms with Gasteiger partial charge in [0.1, 0.15) is 12.3 Å². The summed E-state index contributed by atoms with van der Waals surface area (Å²) in [4.78, 5) is 37.1. The van der Waals surface area contributed by atoms with Crippen molar-refractivity contribution in [3.8, 4) is 23.0 Å². The predicted molar refractivity (Wildman–Crippen MR) is 119 cm³/mol. The zero-order valence-electron chi connectivity index (χ0n) is 18.3. The van der Waals surface area contributed by atoms with E-state index >= 15 is 0 Å². The number of amides is 1. The van der Waals surface area contributed by atoms with E-state index in [4.69, 9.17) is 9.47 Å². The molecular weight excluding hydrogens is 408 g/mol. The molecule has 1 aliphatic heterocycles. The van der Waals surface area contributed by atoms with Gasteiger partial charge in [-0.3, -0.25) is 14.6 Å². The van der Waals surface area contributed by atoms with Crippen LogP contribution in [0.3, 0.4) is 0 Å². The summed E-state index contributed by atoms with van der Waals surface area (Å²) in [6.45, 7) is 4.21. The summed E-state index contributed by atoms with van der Waals surface area (Å²) < 4.78 is 11.2. The summed E-state index contributed by atoms with van der Waals surface area (Å²) in [5, 5.41) is 3.08. The Labute approximate surface area is 186 Å². The molecule has 4 rings (SSSR count). The topological polar surface area (TPSA) is 106 Å². The average molecular weight is 434 g/mol. The lowest BCUT2D eigenvalue weighted by atomic mass is 9.94. The number of methoxy groups -OCH3 is 1. The van der Waals surface area contributed by atoms with E-state index < -0.39 is 6.04 Å². The predicted octanol–water partition coefficient (Wildman–Crippen LogP) is 2.91. The molecule has 0 fully saturated rings. The van der Waals surface area contributed by atoms with E-state index in [0.717, 1.165) is 5.56 Å². The van der Waals surface area contributed by atoms with Crippen LogP contribution in [0.15, 0.2) is 53.5 Å². The molecule has 0 saturated heterocycles. The van der Waals surface area contributed by atoms with Crippen LogP contribution in [-0.4, -0.2) is 34.6 Å². The monoisotopic (exact) mass is 434 g/mol. The normalized spacial score (nSPS) is 16.1. The highest BCUT2D eigenvalue weighted by Crippen LogP contribution is 2.36. The van der Waals surface area contributed by atoms with Crippen LogP contribution in [0.25, 0.3) is 11.5 Å². The van der Waals surface area contributed by atoms with Crippen molar-refractivity contribution in [1.82, 2.24) is 20.3 Å². The number of H-pyrrole nitrogens is 1. The van der Waals surface area contributed by atoms with Gasteiger partial charge in [0.25, 0.3) is 5.56 Å². The van der Waals surface area contributed by atoms with Crippen molar-refractivity contribution in [1.29, 1.82) is 0 Å². The van der Waals surface area contributed by atoms with Gasteiger partial charge in [-0.05, 0) is 36.1 Å². The Kier molecular flexibility index (Phi) is 6.20. The quantitative estimate of drug-likeness (QED) is 0.618. The number of aromatic amines is 1. The number of rotatable bonds is 6. The summed E-state index contributed by atoms with van der Waals surface area (Å²) in [5.74, 6) is 1.25. The number of fused-ring (bicyclic) bond motifs is 1. The highest BCUT2D eigenvalue weighted by molar-refractivity contribution is 5.80. The van der Waals surface area contributed by atoms with Gasteiger partial charge in [0.15, 0.2) is 17.3 Å². The van der Waals surface area contributed by atoms with Gasteiger partial charge in [-0.1, -0.05) is 32.0 Å². The molecule has 0 radical (unpaired) electrons. The third kappa shape index (κ3) is 4.49. The number of hydrogen-bond acceptors (Lipinski definition) is 6. The zero-order chi connectivity index (χ0) is 22.7. The van der Waals surface area contributed by atoms with E-state index in [1.165, 1.54) is 6.07 Å². The van der Waals surface area contributed by atoms with Crippen LogP contribution in [0.5, 0.6) is 11.5 Å². The number of carbonyl (C=O) groups excluding carboxylic acids is 1. The smallest absolute Gasteiger partial charge is 0.251 e. The minimum absolute atomic E-state index is 0.0155. The molecule has 0 spiro atoms. The van der Waals surface area contributed by atoms with Crippen LogP contribution in [0.2, 0.25) is 0 Å². The maximum Gasteiger partial charge on any atom is 0.251 e. The van der Waals surface area contributed by atoms with E-state index in [1.807, 2.05) is 38.1 Å². The first-order valence-electron chi connectivity index (χ1n) is 10.6. The number of aromatic nitrogens is 3. The fourth-order valence-corrected chi connectivity index (χ4v) is 3.84. The summed E-state index contributed by atoms with van der Waals surface area (Å²) in [6, 6.07) is 12.1. The molecule has 0 bridgehead atoms. The molecule has 0 unspecified atom stereocenters. The van der Waals surface area contributed by atoms with Crippen molar-refractivity contribution in [2.24, 2.45) is 11.8 Å². The number of ether oxygens (including phenoxy) is 2. The lowest BCUT2D eigenvalue weighted by Crippen LogP contribution is -2.41. The second-order valence-corrected chi connectivity index (χ2v) is 8.12. The minimum Gasteiger partial charge on any atom is -0.493 e. The molecule has 2 N–H and O–H groups in total. The molecule has 2 aromatic heterocycles. The second kappa shape index (κ2) is 9.21. The van der Waals surface area contributed by atoms with Crippen molar-refractivity contribution in [3.63, 3.8) is 0 Å². The molecule has 0 aliphatic carbocycles. The Morgan fingerprint density at radius 3 is 2.81 bits per heavy atom. The van der Waals surface area contributed by atoms with Gasteiger partial charge < -0.3 is 19.8 Å². The Balaban J connectivity index is 1.56. The molecule has 8 nitrogen and oxygen atoms in total. The highest BCUT2D eigenvalue weighted by Gasteiger charge is 2.30. The van der Waals surface area contributed by atoms with E-state index in [-0.39, 0.29) is 29.9 Å². The van der Waals surface area contributed by atoms with Gasteiger partial charge in [-0.2, -0.15) is 0 Å². The van der Waals surface area contributed by atoms with Crippen molar-refractivity contribution in [2.75, 3.05) is 13.7 Å². The number of benzene rings is 1. The van der Waals surface area contributed by atoms with Gasteiger partial charge >= 0.3 is 0 Å². The molecule has 8 heteroatoms. The van der Waals surface area contributed by atoms with Crippen molar-refractivity contribution < 1.29 is 14.3 Å². The average Bonchev–Trinajstić information content (AvgIpc) is 2.81. The number of hydrogen-bond donors (Lipinski definition) is 2. The third-order valence-electron chi connectivity index (χ3n) is 5.50. The maximum absolute atomic E-state index is 13.1. The van der Waals surface area contributed by atoms with Crippen LogP contribution in [0.4, 0.5) is 0 Å². The lowest BCUT2D eigenvalue weighted by molar-refractivity contribution is -0.127. The molecule has 1 aromatic carbocycles. The first-order chi connectivity index (χ1) is 15.5. The van der Waals surface area contributed by atoms with Gasteiger partial charge in [0, 0.05) is 12.3 Å². The summed E-state index contributed by atoms with van der Waals surface area (Å²) in [7, 11) is 1.60. The van der Waals surface area contributed by atoms with Crippen LogP contribution in [-0.2, 0) is 11.2 Å². The van der Waals surface area contributed by atoms with Crippen molar-refractivity contribution in [2.45, 2.75) is 26.3 Å². The molecule has 3 heterocycles. The van der Waals surface area contributed by atoms with Gasteiger partial charge in [0.05, 0.1) is 24.8 Å². The van der Waals surface area contributed by atoms with E-state index in [2.05, 4.69) is 20.3 Å². The number of nitrogens with one attached hydrogen (secondary N) is 2. The lowest BCUT2D eigenvalue weighted by Gasteiger charge is -2.29. The molecule has 1 amide bonds. The fraction of sp³-hybridized carbons (Fsp3) is 0.333. The third-order valence-corrected chi connectivity index (χ3v) is 5.50. The largest absolute Gasteiger partial charge is 0.493 e. The Bertz CT molecular complexity index is 1160. The van der Waals surface area contributed by atoms with Crippen LogP contribution < -0.4 is 20.3 Å². The Hall–Kier alpha value is -3.68. The van der Waals surface area contributed by atoms with Crippen molar-refractivity contribution >= 4 is 5.91 Å². The molecule has 1 aliphatic rings. The SMILES string of the molecule is COc1cccc2c1OC[C@@H](C(=O)N[C@@H](c1cc(=O)[nH]c(-c3ccccn3)n1)C(C)C)C2.